The van der Waals surface area contributed by atoms with E-state index in [9.17, 15) is 5.11 Å². The summed E-state index contributed by atoms with van der Waals surface area (Å²) in [5, 5.41) is 10.5. The van der Waals surface area contributed by atoms with Gasteiger partial charge in [0.1, 0.15) is 0 Å². The highest BCUT2D eigenvalue weighted by Gasteiger charge is 2.25. The standard InChI is InChI=1S/C17H24O/c1-3-5-6-7-8-12-15-17(18,4-2)16-13-10-9-11-14-16/h2,9-11,13-14,18H,3,5-8,12,15H2,1H3. The summed E-state index contributed by atoms with van der Waals surface area (Å²) in [6.45, 7) is 2.21. The molecule has 1 heteroatoms. The highest BCUT2D eigenvalue weighted by molar-refractivity contribution is 5.29. The van der Waals surface area contributed by atoms with Crippen LogP contribution in [0.3, 0.4) is 0 Å². The zero-order chi connectivity index (χ0) is 13.3. The number of rotatable bonds is 8. The predicted octanol–water partition coefficient (Wildman–Crippen LogP) is 4.26. The summed E-state index contributed by atoms with van der Waals surface area (Å²) in [6, 6.07) is 9.57. The van der Waals surface area contributed by atoms with Crippen molar-refractivity contribution in [2.45, 2.75) is 57.5 Å². The van der Waals surface area contributed by atoms with Crippen LogP contribution in [0, 0.1) is 12.3 Å². The average molecular weight is 244 g/mol. The average Bonchev–Trinajstić information content (AvgIpc) is 2.43. The number of hydrogen-bond donors (Lipinski definition) is 1. The van der Waals surface area contributed by atoms with E-state index in [1.165, 1.54) is 25.7 Å². The Morgan fingerprint density at radius 3 is 2.28 bits per heavy atom. The summed E-state index contributed by atoms with van der Waals surface area (Å²) < 4.78 is 0. The van der Waals surface area contributed by atoms with E-state index in [1.807, 2.05) is 30.3 Å². The van der Waals surface area contributed by atoms with Crippen molar-refractivity contribution in [1.29, 1.82) is 0 Å². The second-order valence-electron chi connectivity index (χ2n) is 4.89. The first-order chi connectivity index (χ1) is 8.73. The van der Waals surface area contributed by atoms with Crippen molar-refractivity contribution in [3.8, 4) is 12.3 Å². The molecule has 98 valence electrons. The topological polar surface area (TPSA) is 20.2 Å². The van der Waals surface area contributed by atoms with E-state index >= 15 is 0 Å². The number of aliphatic hydroxyl groups is 1. The lowest BCUT2D eigenvalue weighted by Gasteiger charge is -2.22. The van der Waals surface area contributed by atoms with Gasteiger partial charge in [-0.15, -0.1) is 6.42 Å². The zero-order valence-electron chi connectivity index (χ0n) is 11.4. The van der Waals surface area contributed by atoms with Gasteiger partial charge in [-0.25, -0.2) is 0 Å². The van der Waals surface area contributed by atoms with Crippen LogP contribution in [0.15, 0.2) is 30.3 Å². The van der Waals surface area contributed by atoms with Crippen molar-refractivity contribution in [2.75, 3.05) is 0 Å². The van der Waals surface area contributed by atoms with Crippen molar-refractivity contribution in [3.05, 3.63) is 35.9 Å². The van der Waals surface area contributed by atoms with Crippen LogP contribution in [0.5, 0.6) is 0 Å². The molecule has 1 nitrogen and oxygen atoms in total. The van der Waals surface area contributed by atoms with Crippen LogP contribution in [0.2, 0.25) is 0 Å². The molecule has 0 saturated heterocycles. The van der Waals surface area contributed by atoms with E-state index in [2.05, 4.69) is 12.8 Å². The third kappa shape index (κ3) is 4.55. The Labute approximate surface area is 111 Å². The van der Waals surface area contributed by atoms with Gasteiger partial charge in [-0.3, -0.25) is 0 Å². The normalized spacial score (nSPS) is 13.8. The first kappa shape index (κ1) is 14.8. The summed E-state index contributed by atoms with van der Waals surface area (Å²) in [5.74, 6) is 2.55. The number of unbranched alkanes of at least 4 members (excludes halogenated alkanes) is 5. The predicted molar refractivity (Wildman–Crippen MR) is 77.2 cm³/mol. The lowest BCUT2D eigenvalue weighted by atomic mass is 9.89. The third-order valence-corrected chi connectivity index (χ3v) is 3.38. The van der Waals surface area contributed by atoms with Crippen molar-refractivity contribution in [2.24, 2.45) is 0 Å². The summed E-state index contributed by atoms with van der Waals surface area (Å²) in [5.41, 5.74) is -0.257. The molecule has 1 atom stereocenters. The van der Waals surface area contributed by atoms with Crippen LogP contribution < -0.4 is 0 Å². The van der Waals surface area contributed by atoms with Crippen molar-refractivity contribution in [3.63, 3.8) is 0 Å². The van der Waals surface area contributed by atoms with E-state index in [0.717, 1.165) is 18.4 Å². The molecule has 1 unspecified atom stereocenters. The largest absolute Gasteiger partial charge is 0.373 e. The van der Waals surface area contributed by atoms with Gasteiger partial charge in [0.05, 0.1) is 0 Å². The molecule has 0 bridgehead atoms. The van der Waals surface area contributed by atoms with Gasteiger partial charge in [-0.2, -0.15) is 0 Å². The van der Waals surface area contributed by atoms with Crippen LogP contribution in [0.1, 0.15) is 57.4 Å². The maximum atomic E-state index is 10.5. The molecule has 0 aliphatic carbocycles. The molecule has 1 rings (SSSR count). The van der Waals surface area contributed by atoms with Crippen LogP contribution in [0.25, 0.3) is 0 Å². The lowest BCUT2D eigenvalue weighted by molar-refractivity contribution is 0.0871. The molecular formula is C17H24O. The maximum Gasteiger partial charge on any atom is 0.150 e. The van der Waals surface area contributed by atoms with Gasteiger partial charge in [0, 0.05) is 0 Å². The Bertz CT molecular complexity index is 363. The van der Waals surface area contributed by atoms with Crippen LogP contribution in [-0.2, 0) is 5.60 Å². The molecule has 0 aliphatic heterocycles. The fraction of sp³-hybridized carbons (Fsp3) is 0.529. The highest BCUT2D eigenvalue weighted by Crippen LogP contribution is 2.26. The van der Waals surface area contributed by atoms with E-state index in [1.54, 1.807) is 0 Å². The second-order valence-corrected chi connectivity index (χ2v) is 4.89. The monoisotopic (exact) mass is 244 g/mol. The fourth-order valence-electron chi connectivity index (χ4n) is 2.17. The Morgan fingerprint density at radius 1 is 1.06 bits per heavy atom. The molecule has 0 saturated carbocycles. The van der Waals surface area contributed by atoms with Crippen molar-refractivity contribution >= 4 is 0 Å². The fourth-order valence-corrected chi connectivity index (χ4v) is 2.17. The maximum absolute atomic E-state index is 10.5. The minimum absolute atomic E-state index is 0.652. The van der Waals surface area contributed by atoms with Crippen LogP contribution >= 0.6 is 0 Å². The molecule has 1 N–H and O–H groups in total. The summed E-state index contributed by atoms with van der Waals surface area (Å²) in [4.78, 5) is 0. The van der Waals surface area contributed by atoms with Crippen molar-refractivity contribution in [1.82, 2.24) is 0 Å². The minimum Gasteiger partial charge on any atom is -0.373 e. The lowest BCUT2D eigenvalue weighted by Crippen LogP contribution is -2.23. The number of terminal acetylenes is 1. The molecule has 0 amide bonds. The smallest absolute Gasteiger partial charge is 0.150 e. The molecule has 0 fully saturated rings. The first-order valence-corrected chi connectivity index (χ1v) is 6.98. The van der Waals surface area contributed by atoms with E-state index in [-0.39, 0.29) is 0 Å². The Hall–Kier alpha value is -1.26. The van der Waals surface area contributed by atoms with E-state index in [4.69, 9.17) is 6.42 Å². The van der Waals surface area contributed by atoms with Gasteiger partial charge in [0.2, 0.25) is 0 Å². The van der Waals surface area contributed by atoms with Gasteiger partial charge < -0.3 is 5.11 Å². The van der Waals surface area contributed by atoms with Gasteiger partial charge in [-0.1, -0.05) is 75.3 Å². The Morgan fingerprint density at radius 2 is 1.67 bits per heavy atom. The summed E-state index contributed by atoms with van der Waals surface area (Å²) in [6.07, 6.45) is 13.4. The molecule has 0 aromatic heterocycles. The SMILES string of the molecule is C#CC(O)(CCCCCCCC)c1ccccc1. The molecule has 0 aliphatic rings. The first-order valence-electron chi connectivity index (χ1n) is 6.98. The molecule has 0 spiro atoms. The van der Waals surface area contributed by atoms with Gasteiger partial charge in [0.25, 0.3) is 0 Å². The molecular weight excluding hydrogens is 220 g/mol. The summed E-state index contributed by atoms with van der Waals surface area (Å²) in [7, 11) is 0. The minimum atomic E-state index is -1.09. The highest BCUT2D eigenvalue weighted by atomic mass is 16.3. The van der Waals surface area contributed by atoms with Gasteiger partial charge in [-0.05, 0) is 18.4 Å². The molecule has 18 heavy (non-hydrogen) atoms. The van der Waals surface area contributed by atoms with Crippen LogP contribution in [0.4, 0.5) is 0 Å². The van der Waals surface area contributed by atoms with Crippen molar-refractivity contribution < 1.29 is 5.11 Å². The van der Waals surface area contributed by atoms with E-state index < -0.39 is 5.60 Å². The quantitative estimate of drug-likeness (QED) is 0.535. The van der Waals surface area contributed by atoms with Gasteiger partial charge >= 0.3 is 0 Å². The molecule has 0 radical (unpaired) electrons. The number of hydrogen-bond acceptors (Lipinski definition) is 1. The second kappa shape index (κ2) is 7.95. The van der Waals surface area contributed by atoms with Crippen LogP contribution in [-0.4, -0.2) is 5.11 Å². The third-order valence-electron chi connectivity index (χ3n) is 3.38. The van der Waals surface area contributed by atoms with Gasteiger partial charge in [0.15, 0.2) is 5.60 Å². The summed E-state index contributed by atoms with van der Waals surface area (Å²) >= 11 is 0. The van der Waals surface area contributed by atoms with E-state index in [0.29, 0.717) is 6.42 Å². The molecule has 1 aromatic carbocycles. The Kier molecular flexibility index (Phi) is 6.54. The number of benzene rings is 1. The zero-order valence-corrected chi connectivity index (χ0v) is 11.4. The Balaban J connectivity index is 2.40. The molecule has 1 aromatic rings. The molecule has 0 heterocycles.